The highest BCUT2D eigenvalue weighted by atomic mass is 35.5. The minimum atomic E-state index is 0. The lowest BCUT2D eigenvalue weighted by Gasteiger charge is -2.22. The van der Waals surface area contributed by atoms with Crippen LogP contribution in [0.1, 0.15) is 64.2 Å². The summed E-state index contributed by atoms with van der Waals surface area (Å²) in [6, 6.07) is 0.810. The molecule has 0 heterocycles. The van der Waals surface area contributed by atoms with E-state index in [0.29, 0.717) is 0 Å². The monoisotopic (exact) mass is 317 g/mol. The first kappa shape index (κ1) is 16.1. The van der Waals surface area contributed by atoms with E-state index >= 15 is 0 Å². The van der Waals surface area contributed by atoms with E-state index in [9.17, 15) is 0 Å². The summed E-state index contributed by atoms with van der Waals surface area (Å²) in [7, 11) is 0. The molecule has 0 aromatic rings. The molecule has 1 fully saturated rings. The van der Waals surface area contributed by atoms with Crippen LogP contribution in [0.4, 0.5) is 0 Å². The molecule has 1 saturated carbocycles. The molecule has 4 rings (SSSR count). The van der Waals surface area contributed by atoms with Gasteiger partial charge in [-0.25, -0.2) is 0 Å². The summed E-state index contributed by atoms with van der Waals surface area (Å²) >= 11 is 0. The van der Waals surface area contributed by atoms with Crippen LogP contribution in [0.15, 0.2) is 46.1 Å². The van der Waals surface area contributed by atoms with E-state index in [2.05, 4.69) is 23.5 Å². The summed E-state index contributed by atoms with van der Waals surface area (Å²) in [4.78, 5) is 0. The Balaban J connectivity index is 0.00000144. The van der Waals surface area contributed by atoms with E-state index in [1.165, 1.54) is 70.8 Å². The molecule has 120 valence electrons. The highest BCUT2D eigenvalue weighted by molar-refractivity contribution is 5.85. The molecule has 4 aliphatic rings. The summed E-state index contributed by atoms with van der Waals surface area (Å²) in [6.45, 7) is 1.18. The number of halogens is 1. The number of allylic oxidation sites excluding steroid dienone is 7. The van der Waals surface area contributed by atoms with Crippen LogP contribution in [-0.4, -0.2) is 12.6 Å². The average molecular weight is 318 g/mol. The van der Waals surface area contributed by atoms with Gasteiger partial charge in [-0.15, -0.1) is 12.4 Å². The van der Waals surface area contributed by atoms with Crippen LogP contribution in [0.2, 0.25) is 0 Å². The zero-order chi connectivity index (χ0) is 14.1. The second kappa shape index (κ2) is 7.19. The minimum absolute atomic E-state index is 0. The van der Waals surface area contributed by atoms with Crippen molar-refractivity contribution in [3.05, 3.63) is 46.1 Å². The van der Waals surface area contributed by atoms with Gasteiger partial charge in [0.15, 0.2) is 0 Å². The molecule has 0 saturated heterocycles. The largest absolute Gasteiger partial charge is 0.314 e. The Morgan fingerprint density at radius 3 is 2.73 bits per heavy atom. The topological polar surface area (TPSA) is 12.0 Å². The van der Waals surface area contributed by atoms with E-state index in [4.69, 9.17) is 0 Å². The van der Waals surface area contributed by atoms with Gasteiger partial charge in [0.2, 0.25) is 0 Å². The van der Waals surface area contributed by atoms with Crippen LogP contribution in [-0.2, 0) is 0 Å². The molecule has 0 radical (unpaired) electrons. The molecule has 1 nitrogen and oxygen atoms in total. The quantitative estimate of drug-likeness (QED) is 0.732. The molecule has 0 amide bonds. The van der Waals surface area contributed by atoms with Crippen molar-refractivity contribution in [3.63, 3.8) is 0 Å². The molecule has 0 aliphatic heterocycles. The normalized spacial score (nSPS) is 24.3. The van der Waals surface area contributed by atoms with Gasteiger partial charge in [-0.05, 0) is 74.6 Å². The molecule has 0 bridgehead atoms. The Morgan fingerprint density at radius 2 is 1.86 bits per heavy atom. The van der Waals surface area contributed by atoms with E-state index in [1.54, 1.807) is 27.9 Å². The van der Waals surface area contributed by atoms with Crippen LogP contribution < -0.4 is 5.32 Å². The van der Waals surface area contributed by atoms with Crippen molar-refractivity contribution in [2.45, 2.75) is 70.3 Å². The number of fused-ring (bicyclic) bond motifs is 1. The van der Waals surface area contributed by atoms with Gasteiger partial charge >= 0.3 is 0 Å². The van der Waals surface area contributed by atoms with Gasteiger partial charge in [0.05, 0.1) is 0 Å². The Hall–Kier alpha value is -0.790. The molecule has 1 N–H and O–H groups in total. The molecular formula is C20H28ClN. The van der Waals surface area contributed by atoms with Gasteiger partial charge in [0.25, 0.3) is 0 Å². The van der Waals surface area contributed by atoms with Gasteiger partial charge < -0.3 is 5.32 Å². The van der Waals surface area contributed by atoms with Crippen molar-refractivity contribution in [1.82, 2.24) is 5.32 Å². The fourth-order valence-corrected chi connectivity index (χ4v) is 4.41. The Labute approximate surface area is 141 Å². The molecule has 0 aromatic heterocycles. The Morgan fingerprint density at radius 1 is 1.00 bits per heavy atom. The summed E-state index contributed by atoms with van der Waals surface area (Å²) in [6.07, 6.45) is 20.8. The fourth-order valence-electron chi connectivity index (χ4n) is 4.41. The maximum absolute atomic E-state index is 3.75. The van der Waals surface area contributed by atoms with Crippen LogP contribution in [0.5, 0.6) is 0 Å². The first-order valence-corrected chi connectivity index (χ1v) is 8.93. The highest BCUT2D eigenvalue weighted by Crippen LogP contribution is 2.41. The lowest BCUT2D eigenvalue weighted by molar-refractivity contribution is 0.526. The molecule has 4 aliphatic carbocycles. The Kier molecular flexibility index (Phi) is 5.25. The van der Waals surface area contributed by atoms with Crippen molar-refractivity contribution >= 4 is 12.4 Å². The van der Waals surface area contributed by atoms with Crippen molar-refractivity contribution in [2.75, 3.05) is 6.54 Å². The smallest absolute Gasteiger partial charge is 0.00671 e. The predicted octanol–water partition coefficient (Wildman–Crippen LogP) is 5.40. The third-order valence-corrected chi connectivity index (χ3v) is 5.63. The summed E-state index contributed by atoms with van der Waals surface area (Å²) in [5.41, 5.74) is 8.16. The molecule has 0 spiro atoms. The maximum Gasteiger partial charge on any atom is 0.00671 e. The molecule has 22 heavy (non-hydrogen) atoms. The molecular weight excluding hydrogens is 290 g/mol. The number of rotatable bonds is 4. The van der Waals surface area contributed by atoms with Gasteiger partial charge in [-0.2, -0.15) is 0 Å². The first-order chi connectivity index (χ1) is 10.4. The third-order valence-electron chi connectivity index (χ3n) is 5.63. The van der Waals surface area contributed by atoms with Crippen LogP contribution in [0.25, 0.3) is 0 Å². The van der Waals surface area contributed by atoms with E-state index in [1.807, 2.05) is 0 Å². The lowest BCUT2D eigenvalue weighted by Crippen LogP contribution is -2.27. The average Bonchev–Trinajstić information content (AvgIpc) is 3.13. The van der Waals surface area contributed by atoms with E-state index in [-0.39, 0.29) is 12.4 Å². The van der Waals surface area contributed by atoms with Crippen molar-refractivity contribution in [3.8, 4) is 0 Å². The standard InChI is InChI=1S/C20H27N.ClH/c1-2-6-17-14-19-12-15(11-18(19)13-16(17)5-1)9-10-21-20-7-3-4-8-20;/h5,12,14,20-21H,1-4,6-11,13H2;1H. The SMILES string of the molecule is C1=C(CCNC2CCCC2)CC2=C1C=C1CCCC=C1C2.Cl. The highest BCUT2D eigenvalue weighted by Gasteiger charge is 2.23. The van der Waals surface area contributed by atoms with Gasteiger partial charge in [0.1, 0.15) is 0 Å². The van der Waals surface area contributed by atoms with E-state index in [0.717, 1.165) is 6.04 Å². The Bertz CT molecular complexity index is 544. The van der Waals surface area contributed by atoms with Gasteiger partial charge in [0, 0.05) is 6.04 Å². The van der Waals surface area contributed by atoms with Crippen molar-refractivity contribution in [1.29, 1.82) is 0 Å². The molecule has 0 aromatic carbocycles. The zero-order valence-corrected chi connectivity index (χ0v) is 14.3. The lowest BCUT2D eigenvalue weighted by atomic mass is 9.83. The van der Waals surface area contributed by atoms with Crippen molar-refractivity contribution in [2.24, 2.45) is 0 Å². The van der Waals surface area contributed by atoms with Gasteiger partial charge in [-0.1, -0.05) is 42.2 Å². The summed E-state index contributed by atoms with van der Waals surface area (Å²) in [5.74, 6) is 0. The fraction of sp³-hybridized carbons (Fsp3) is 0.600. The molecule has 0 unspecified atom stereocenters. The molecule has 0 atom stereocenters. The number of hydrogen-bond donors (Lipinski definition) is 1. The van der Waals surface area contributed by atoms with Crippen LogP contribution >= 0.6 is 12.4 Å². The third kappa shape index (κ3) is 3.41. The molecule has 2 heteroatoms. The number of nitrogens with one attached hydrogen (secondary N) is 1. The first-order valence-electron chi connectivity index (χ1n) is 8.93. The van der Waals surface area contributed by atoms with Crippen LogP contribution in [0, 0.1) is 0 Å². The maximum atomic E-state index is 3.75. The second-order valence-corrected chi connectivity index (χ2v) is 7.19. The predicted molar refractivity (Wildman–Crippen MR) is 96.5 cm³/mol. The summed E-state index contributed by atoms with van der Waals surface area (Å²) < 4.78 is 0. The van der Waals surface area contributed by atoms with Crippen molar-refractivity contribution < 1.29 is 0 Å². The number of hydrogen-bond acceptors (Lipinski definition) is 1. The van der Waals surface area contributed by atoms with Crippen LogP contribution in [0.3, 0.4) is 0 Å². The van der Waals surface area contributed by atoms with E-state index < -0.39 is 0 Å². The van der Waals surface area contributed by atoms with Gasteiger partial charge in [-0.3, -0.25) is 0 Å². The zero-order valence-electron chi connectivity index (χ0n) is 13.5. The second-order valence-electron chi connectivity index (χ2n) is 7.19. The summed E-state index contributed by atoms with van der Waals surface area (Å²) in [5, 5.41) is 3.75. The minimum Gasteiger partial charge on any atom is -0.314 e.